The van der Waals surface area contributed by atoms with Gasteiger partial charge in [0.15, 0.2) is 0 Å². The maximum Gasteiger partial charge on any atom is 0.0139 e. The van der Waals surface area contributed by atoms with Crippen LogP contribution in [-0.4, -0.2) is 12.1 Å². The standard InChI is InChI=1S/C9H19N/c1-5-6-7-8-10-9(2,3)4/h6-7,10H,5,8H2,1-4H3/b7-6+. The Labute approximate surface area is 64.5 Å². The maximum atomic E-state index is 3.37. The summed E-state index contributed by atoms with van der Waals surface area (Å²) in [4.78, 5) is 0. The van der Waals surface area contributed by atoms with Crippen molar-refractivity contribution in [2.45, 2.75) is 39.7 Å². The molecule has 1 N–H and O–H groups in total. The van der Waals surface area contributed by atoms with Gasteiger partial charge in [0.05, 0.1) is 0 Å². The van der Waals surface area contributed by atoms with Crippen molar-refractivity contribution >= 4 is 0 Å². The van der Waals surface area contributed by atoms with Crippen molar-refractivity contribution in [2.75, 3.05) is 6.54 Å². The first-order chi connectivity index (χ1) is 4.56. The summed E-state index contributed by atoms with van der Waals surface area (Å²) in [5, 5.41) is 3.37. The van der Waals surface area contributed by atoms with Crippen molar-refractivity contribution < 1.29 is 0 Å². The average Bonchev–Trinajstić information content (AvgIpc) is 1.78. The zero-order valence-corrected chi connectivity index (χ0v) is 7.57. The monoisotopic (exact) mass is 141 g/mol. The van der Waals surface area contributed by atoms with Gasteiger partial charge in [0, 0.05) is 12.1 Å². The van der Waals surface area contributed by atoms with E-state index in [1.165, 1.54) is 0 Å². The summed E-state index contributed by atoms with van der Waals surface area (Å²) in [6.07, 6.45) is 5.48. The smallest absolute Gasteiger partial charge is 0.0139 e. The molecule has 0 bridgehead atoms. The molecule has 0 radical (unpaired) electrons. The van der Waals surface area contributed by atoms with Gasteiger partial charge < -0.3 is 5.32 Å². The molecule has 1 nitrogen and oxygen atoms in total. The average molecular weight is 141 g/mol. The molecule has 10 heavy (non-hydrogen) atoms. The Morgan fingerprint density at radius 2 is 1.80 bits per heavy atom. The van der Waals surface area contributed by atoms with E-state index in [4.69, 9.17) is 0 Å². The lowest BCUT2D eigenvalue weighted by atomic mass is 10.1. The van der Waals surface area contributed by atoms with Crippen LogP contribution in [0.25, 0.3) is 0 Å². The van der Waals surface area contributed by atoms with E-state index >= 15 is 0 Å². The molecule has 0 atom stereocenters. The lowest BCUT2D eigenvalue weighted by Crippen LogP contribution is -2.35. The van der Waals surface area contributed by atoms with E-state index in [2.05, 4.69) is 45.2 Å². The third-order valence-electron chi connectivity index (χ3n) is 1.15. The quantitative estimate of drug-likeness (QED) is 0.595. The third kappa shape index (κ3) is 7.70. The van der Waals surface area contributed by atoms with Gasteiger partial charge in [-0.15, -0.1) is 0 Å². The van der Waals surface area contributed by atoms with Crippen LogP contribution in [-0.2, 0) is 0 Å². The summed E-state index contributed by atoms with van der Waals surface area (Å²) in [6.45, 7) is 9.65. The van der Waals surface area contributed by atoms with Gasteiger partial charge in [-0.3, -0.25) is 0 Å². The number of hydrogen-bond acceptors (Lipinski definition) is 1. The Balaban J connectivity index is 3.28. The molecule has 0 aromatic rings. The van der Waals surface area contributed by atoms with Crippen LogP contribution in [0.3, 0.4) is 0 Å². The highest BCUT2D eigenvalue weighted by molar-refractivity contribution is 4.85. The zero-order valence-electron chi connectivity index (χ0n) is 7.57. The summed E-state index contributed by atoms with van der Waals surface area (Å²) < 4.78 is 0. The van der Waals surface area contributed by atoms with Gasteiger partial charge in [0.25, 0.3) is 0 Å². The van der Waals surface area contributed by atoms with Crippen molar-refractivity contribution in [1.29, 1.82) is 0 Å². The Bertz CT molecular complexity index is 97.8. The Kier molecular flexibility index (Phi) is 4.37. The van der Waals surface area contributed by atoms with Crippen molar-refractivity contribution in [3.63, 3.8) is 0 Å². The van der Waals surface area contributed by atoms with Gasteiger partial charge in [0.1, 0.15) is 0 Å². The second-order valence-electron chi connectivity index (χ2n) is 3.51. The van der Waals surface area contributed by atoms with Crippen LogP contribution in [0.5, 0.6) is 0 Å². The molecule has 0 saturated carbocycles. The fourth-order valence-corrected chi connectivity index (χ4v) is 0.615. The van der Waals surface area contributed by atoms with Crippen molar-refractivity contribution in [3.05, 3.63) is 12.2 Å². The van der Waals surface area contributed by atoms with E-state index in [1.54, 1.807) is 0 Å². The minimum absolute atomic E-state index is 0.248. The molecular formula is C9H19N. The largest absolute Gasteiger partial charge is 0.309 e. The zero-order chi connectivity index (χ0) is 8.04. The predicted octanol–water partition coefficient (Wildman–Crippen LogP) is 2.34. The number of nitrogens with one attached hydrogen (secondary N) is 1. The van der Waals surface area contributed by atoms with Crippen LogP contribution in [0, 0.1) is 0 Å². The third-order valence-corrected chi connectivity index (χ3v) is 1.15. The summed E-state index contributed by atoms with van der Waals surface area (Å²) in [5.41, 5.74) is 0.248. The van der Waals surface area contributed by atoms with Crippen LogP contribution in [0.15, 0.2) is 12.2 Å². The summed E-state index contributed by atoms with van der Waals surface area (Å²) in [6, 6.07) is 0. The van der Waals surface area contributed by atoms with Gasteiger partial charge >= 0.3 is 0 Å². The van der Waals surface area contributed by atoms with E-state index in [-0.39, 0.29) is 5.54 Å². The van der Waals surface area contributed by atoms with E-state index < -0.39 is 0 Å². The topological polar surface area (TPSA) is 12.0 Å². The molecule has 0 spiro atoms. The maximum absolute atomic E-state index is 3.37. The molecule has 0 unspecified atom stereocenters. The summed E-state index contributed by atoms with van der Waals surface area (Å²) in [5.74, 6) is 0. The van der Waals surface area contributed by atoms with Crippen molar-refractivity contribution in [2.24, 2.45) is 0 Å². The van der Waals surface area contributed by atoms with E-state index in [0.29, 0.717) is 0 Å². The Morgan fingerprint density at radius 1 is 1.20 bits per heavy atom. The number of allylic oxidation sites excluding steroid dienone is 1. The summed E-state index contributed by atoms with van der Waals surface area (Å²) >= 11 is 0. The molecule has 0 aromatic carbocycles. The molecule has 0 aliphatic heterocycles. The first kappa shape index (κ1) is 9.70. The van der Waals surface area contributed by atoms with E-state index in [0.717, 1.165) is 13.0 Å². The van der Waals surface area contributed by atoms with E-state index in [9.17, 15) is 0 Å². The first-order valence-corrected chi connectivity index (χ1v) is 3.96. The van der Waals surface area contributed by atoms with Crippen LogP contribution in [0.4, 0.5) is 0 Å². The van der Waals surface area contributed by atoms with Gasteiger partial charge in [-0.25, -0.2) is 0 Å². The van der Waals surface area contributed by atoms with Crippen molar-refractivity contribution in [3.8, 4) is 0 Å². The lowest BCUT2D eigenvalue weighted by Gasteiger charge is -2.18. The fourth-order valence-electron chi connectivity index (χ4n) is 0.615. The minimum atomic E-state index is 0.248. The van der Waals surface area contributed by atoms with Crippen LogP contribution < -0.4 is 5.32 Å². The van der Waals surface area contributed by atoms with Crippen LogP contribution in [0.1, 0.15) is 34.1 Å². The van der Waals surface area contributed by atoms with Gasteiger partial charge in [-0.05, 0) is 27.2 Å². The van der Waals surface area contributed by atoms with E-state index in [1.807, 2.05) is 0 Å². The highest BCUT2D eigenvalue weighted by Crippen LogP contribution is 1.96. The molecule has 0 saturated heterocycles. The fraction of sp³-hybridized carbons (Fsp3) is 0.778. The van der Waals surface area contributed by atoms with Gasteiger partial charge in [0.2, 0.25) is 0 Å². The highest BCUT2D eigenvalue weighted by atomic mass is 14.9. The summed E-state index contributed by atoms with van der Waals surface area (Å²) in [7, 11) is 0. The molecule has 0 aliphatic carbocycles. The number of hydrogen-bond donors (Lipinski definition) is 1. The second-order valence-corrected chi connectivity index (χ2v) is 3.51. The molecular weight excluding hydrogens is 122 g/mol. The molecule has 0 amide bonds. The normalized spacial score (nSPS) is 12.8. The van der Waals surface area contributed by atoms with Gasteiger partial charge in [-0.1, -0.05) is 19.1 Å². The predicted molar refractivity (Wildman–Crippen MR) is 47.2 cm³/mol. The molecule has 60 valence electrons. The first-order valence-electron chi connectivity index (χ1n) is 3.96. The molecule has 0 heterocycles. The molecule has 0 fully saturated rings. The molecule has 1 heteroatoms. The number of rotatable bonds is 3. The molecule has 0 rings (SSSR count). The van der Waals surface area contributed by atoms with Crippen LogP contribution in [0.2, 0.25) is 0 Å². The molecule has 0 aromatic heterocycles. The Morgan fingerprint density at radius 3 is 2.20 bits per heavy atom. The van der Waals surface area contributed by atoms with Crippen molar-refractivity contribution in [1.82, 2.24) is 5.32 Å². The van der Waals surface area contributed by atoms with Crippen LogP contribution >= 0.6 is 0 Å². The highest BCUT2D eigenvalue weighted by Gasteiger charge is 2.05. The SMILES string of the molecule is CC/C=C/CNC(C)(C)C. The Hall–Kier alpha value is -0.300. The molecule has 0 aliphatic rings. The van der Waals surface area contributed by atoms with Gasteiger partial charge in [-0.2, -0.15) is 0 Å². The minimum Gasteiger partial charge on any atom is -0.309 e. The second kappa shape index (κ2) is 4.51. The lowest BCUT2D eigenvalue weighted by molar-refractivity contribution is 0.449.